The van der Waals surface area contributed by atoms with E-state index in [0.29, 0.717) is 24.2 Å². The highest BCUT2D eigenvalue weighted by Gasteiger charge is 2.08. The predicted octanol–water partition coefficient (Wildman–Crippen LogP) is 3.33. The lowest BCUT2D eigenvalue weighted by atomic mass is 10.1. The van der Waals surface area contributed by atoms with Crippen LogP contribution in [0.3, 0.4) is 0 Å². The molecule has 1 aromatic rings. The highest BCUT2D eigenvalue weighted by Crippen LogP contribution is 2.22. The first-order valence-corrected chi connectivity index (χ1v) is 6.75. The maximum absolute atomic E-state index is 11.4. The second kappa shape index (κ2) is 6.92. The van der Waals surface area contributed by atoms with Gasteiger partial charge in [-0.05, 0) is 18.6 Å². The molecule has 0 unspecified atom stereocenters. The minimum atomic E-state index is 0.138. The van der Waals surface area contributed by atoms with Crippen LogP contribution < -0.4 is 4.74 Å². The van der Waals surface area contributed by atoms with E-state index >= 15 is 0 Å². The second-order valence-electron chi connectivity index (χ2n) is 3.36. The molecule has 16 heavy (non-hydrogen) atoms. The molecule has 0 saturated carbocycles. The van der Waals surface area contributed by atoms with Crippen LogP contribution in [0.4, 0.5) is 0 Å². The summed E-state index contributed by atoms with van der Waals surface area (Å²) in [6.07, 6.45) is 0.392. The maximum atomic E-state index is 11.4. The molecule has 0 aliphatic heterocycles. The normalized spacial score (nSPS) is 10.2. The Kier molecular flexibility index (Phi) is 5.85. The lowest BCUT2D eigenvalue weighted by Gasteiger charge is -2.10. The summed E-state index contributed by atoms with van der Waals surface area (Å²) in [5.74, 6) is 1.35. The number of ketones is 1. The van der Waals surface area contributed by atoms with Gasteiger partial charge in [0, 0.05) is 17.9 Å². The fourth-order valence-corrected chi connectivity index (χ4v) is 1.74. The van der Waals surface area contributed by atoms with Crippen LogP contribution in [-0.4, -0.2) is 17.7 Å². The first-order chi connectivity index (χ1) is 7.71. The molecule has 0 fully saturated rings. The largest absolute Gasteiger partial charge is 0.494 e. The Hall–Kier alpha value is -0.540. The zero-order valence-corrected chi connectivity index (χ0v) is 11.5. The molecule has 0 N–H and O–H groups in total. The van der Waals surface area contributed by atoms with Gasteiger partial charge >= 0.3 is 0 Å². The van der Waals surface area contributed by atoms with Crippen LogP contribution in [-0.2, 0) is 17.1 Å². The summed E-state index contributed by atoms with van der Waals surface area (Å²) in [5, 5.41) is 0.371. The van der Waals surface area contributed by atoms with Gasteiger partial charge in [-0.3, -0.25) is 4.79 Å². The Bertz CT molecular complexity index is 366. The van der Waals surface area contributed by atoms with Gasteiger partial charge in [-0.25, -0.2) is 0 Å². The highest BCUT2D eigenvalue weighted by molar-refractivity contribution is 9.09. The van der Waals surface area contributed by atoms with Gasteiger partial charge in [-0.1, -0.05) is 28.1 Å². The Morgan fingerprint density at radius 3 is 2.81 bits per heavy atom. The van der Waals surface area contributed by atoms with E-state index in [2.05, 4.69) is 15.9 Å². The number of hydrogen-bond donors (Lipinski definition) is 0. The molecule has 2 nitrogen and oxygen atoms in total. The van der Waals surface area contributed by atoms with E-state index in [9.17, 15) is 4.79 Å². The molecule has 0 saturated heterocycles. The minimum Gasteiger partial charge on any atom is -0.494 e. The smallest absolute Gasteiger partial charge is 0.147 e. The van der Waals surface area contributed by atoms with Crippen molar-refractivity contribution in [1.29, 1.82) is 0 Å². The lowest BCUT2D eigenvalue weighted by Crippen LogP contribution is -2.06. The molecule has 1 rings (SSSR count). The van der Waals surface area contributed by atoms with E-state index in [0.717, 1.165) is 16.9 Å². The zero-order valence-electron chi connectivity index (χ0n) is 9.13. The molecule has 0 aliphatic rings. The Morgan fingerprint density at radius 2 is 2.25 bits per heavy atom. The van der Waals surface area contributed by atoms with E-state index in [-0.39, 0.29) is 5.78 Å². The number of Topliss-reactive ketones (excluding diaryl/α,β-unsaturated/α-hetero) is 1. The average Bonchev–Trinajstić information content (AvgIpc) is 2.31. The summed E-state index contributed by atoms with van der Waals surface area (Å²) in [4.78, 5) is 11.4. The molecular weight excluding hydrogens is 291 g/mol. The van der Waals surface area contributed by atoms with Crippen LogP contribution in [0.1, 0.15) is 18.1 Å². The van der Waals surface area contributed by atoms with Crippen molar-refractivity contribution in [3.63, 3.8) is 0 Å². The van der Waals surface area contributed by atoms with Gasteiger partial charge in [0.15, 0.2) is 0 Å². The molecule has 0 amide bonds. The Balaban J connectivity index is 2.93. The standard InChI is InChI=1S/C12H14BrClO2/c1-2-16-12-5-9(8-14)3-4-10(12)6-11(15)7-13/h3-5H,2,6-8H2,1H3. The Labute approximate surface area is 109 Å². The molecule has 0 spiro atoms. The molecule has 4 heteroatoms. The van der Waals surface area contributed by atoms with Crippen molar-refractivity contribution in [3.8, 4) is 5.75 Å². The first-order valence-electron chi connectivity index (χ1n) is 5.09. The molecule has 0 heterocycles. The first kappa shape index (κ1) is 13.5. The molecule has 0 atom stereocenters. The predicted molar refractivity (Wildman–Crippen MR) is 69.7 cm³/mol. The summed E-state index contributed by atoms with van der Waals surface area (Å²) < 4.78 is 5.50. The van der Waals surface area contributed by atoms with Crippen LogP contribution in [0.15, 0.2) is 18.2 Å². The fraction of sp³-hybridized carbons (Fsp3) is 0.417. The van der Waals surface area contributed by atoms with Gasteiger partial charge in [0.25, 0.3) is 0 Å². The number of carbonyl (C=O) groups is 1. The van der Waals surface area contributed by atoms with Crippen LogP contribution >= 0.6 is 27.5 Å². The molecule has 0 aromatic heterocycles. The molecular formula is C12H14BrClO2. The van der Waals surface area contributed by atoms with E-state index in [4.69, 9.17) is 16.3 Å². The third-order valence-electron chi connectivity index (χ3n) is 2.12. The van der Waals surface area contributed by atoms with E-state index < -0.39 is 0 Å². The van der Waals surface area contributed by atoms with Crippen molar-refractivity contribution in [1.82, 2.24) is 0 Å². The van der Waals surface area contributed by atoms with Crippen molar-refractivity contribution >= 4 is 33.3 Å². The van der Waals surface area contributed by atoms with Crippen molar-refractivity contribution in [3.05, 3.63) is 29.3 Å². The number of ether oxygens (including phenoxy) is 1. The van der Waals surface area contributed by atoms with Crippen LogP contribution in [0.25, 0.3) is 0 Å². The number of halogens is 2. The van der Waals surface area contributed by atoms with Crippen LogP contribution in [0.5, 0.6) is 5.75 Å². The van der Waals surface area contributed by atoms with Crippen molar-refractivity contribution in [2.24, 2.45) is 0 Å². The zero-order chi connectivity index (χ0) is 12.0. The van der Waals surface area contributed by atoms with Gasteiger partial charge in [0.05, 0.1) is 11.9 Å². The quantitative estimate of drug-likeness (QED) is 0.754. The number of alkyl halides is 2. The van der Waals surface area contributed by atoms with E-state index in [1.54, 1.807) is 0 Å². The third-order valence-corrected chi connectivity index (χ3v) is 3.06. The summed E-state index contributed by atoms with van der Waals surface area (Å²) in [5.41, 5.74) is 1.92. The SMILES string of the molecule is CCOc1cc(CCl)ccc1CC(=O)CBr. The third kappa shape index (κ3) is 3.80. The fourth-order valence-electron chi connectivity index (χ4n) is 1.38. The number of benzene rings is 1. The maximum Gasteiger partial charge on any atom is 0.147 e. The summed E-state index contributed by atoms with van der Waals surface area (Å²) in [7, 11) is 0. The second-order valence-corrected chi connectivity index (χ2v) is 4.19. The molecule has 1 aromatic carbocycles. The van der Waals surface area contributed by atoms with Crippen molar-refractivity contribution in [2.45, 2.75) is 19.2 Å². The monoisotopic (exact) mass is 304 g/mol. The van der Waals surface area contributed by atoms with Gasteiger partial charge in [-0.2, -0.15) is 0 Å². The molecule has 0 aliphatic carbocycles. The highest BCUT2D eigenvalue weighted by atomic mass is 79.9. The van der Waals surface area contributed by atoms with E-state index in [1.165, 1.54) is 0 Å². The van der Waals surface area contributed by atoms with Gasteiger partial charge in [0.2, 0.25) is 0 Å². The summed E-state index contributed by atoms with van der Waals surface area (Å²) in [6, 6.07) is 5.73. The number of carbonyl (C=O) groups excluding carboxylic acids is 1. The van der Waals surface area contributed by atoms with Crippen molar-refractivity contribution in [2.75, 3.05) is 11.9 Å². The number of rotatable bonds is 6. The minimum absolute atomic E-state index is 0.138. The lowest BCUT2D eigenvalue weighted by molar-refractivity contribution is -0.115. The van der Waals surface area contributed by atoms with Crippen LogP contribution in [0, 0.1) is 0 Å². The van der Waals surface area contributed by atoms with E-state index in [1.807, 2.05) is 25.1 Å². The van der Waals surface area contributed by atoms with Crippen LogP contribution in [0.2, 0.25) is 0 Å². The molecule has 88 valence electrons. The Morgan fingerprint density at radius 1 is 1.50 bits per heavy atom. The topological polar surface area (TPSA) is 26.3 Å². The summed E-state index contributed by atoms with van der Waals surface area (Å²) in [6.45, 7) is 2.50. The van der Waals surface area contributed by atoms with Gasteiger partial charge < -0.3 is 4.74 Å². The van der Waals surface area contributed by atoms with Crippen molar-refractivity contribution < 1.29 is 9.53 Å². The van der Waals surface area contributed by atoms with Gasteiger partial charge in [-0.15, -0.1) is 11.6 Å². The molecule has 0 bridgehead atoms. The van der Waals surface area contributed by atoms with Gasteiger partial charge in [0.1, 0.15) is 11.5 Å². The average molecular weight is 306 g/mol. The summed E-state index contributed by atoms with van der Waals surface area (Å²) >= 11 is 8.91. The number of hydrogen-bond acceptors (Lipinski definition) is 2. The molecule has 0 radical (unpaired) electrons.